The number of alkyl halides is 3. The van der Waals surface area contributed by atoms with Gasteiger partial charge in [-0.2, -0.15) is 13.2 Å². The van der Waals surface area contributed by atoms with Crippen molar-refractivity contribution >= 4 is 56.3 Å². The molecule has 4 nitrogen and oxygen atoms in total. The molecule has 0 bridgehead atoms. The van der Waals surface area contributed by atoms with Crippen LogP contribution in [0.15, 0.2) is 64.4 Å². The zero-order chi connectivity index (χ0) is 21.9. The number of amides is 1. The van der Waals surface area contributed by atoms with Gasteiger partial charge in [0, 0.05) is 15.2 Å². The molecule has 0 spiro atoms. The van der Waals surface area contributed by atoms with Crippen molar-refractivity contribution < 1.29 is 18.0 Å². The lowest BCUT2D eigenvalue weighted by atomic mass is 10.1. The number of nitrogen functional groups attached to an aromatic ring is 1. The Labute approximate surface area is 183 Å². The first-order chi connectivity index (χ1) is 14.8. The fraction of sp³-hybridized carbons (Fsp3) is 0.0909. The van der Waals surface area contributed by atoms with Crippen LogP contribution < -0.4 is 10.6 Å². The van der Waals surface area contributed by atoms with Crippen molar-refractivity contribution in [3.05, 3.63) is 70.7 Å². The Morgan fingerprint density at radius 1 is 1.03 bits per heavy atom. The van der Waals surface area contributed by atoms with Crippen molar-refractivity contribution in [3.8, 4) is 0 Å². The molecule has 0 unspecified atom stereocenters. The molecule has 1 aliphatic rings. The Hall–Kier alpha value is -3.04. The second-order valence-corrected chi connectivity index (χ2v) is 9.11. The van der Waals surface area contributed by atoms with Crippen molar-refractivity contribution in [2.45, 2.75) is 22.9 Å². The number of hydrogen-bond donors (Lipinski definition) is 1. The number of carbonyl (C=O) groups excluding carboxylic acids is 1. The van der Waals surface area contributed by atoms with Gasteiger partial charge in [-0.15, -0.1) is 11.3 Å². The third kappa shape index (κ3) is 3.16. The fourth-order valence-corrected chi connectivity index (χ4v) is 5.80. The minimum atomic E-state index is -4.58. The van der Waals surface area contributed by atoms with Gasteiger partial charge in [0.2, 0.25) is 0 Å². The molecule has 0 saturated carbocycles. The highest BCUT2D eigenvalue weighted by atomic mass is 32.2. The summed E-state index contributed by atoms with van der Waals surface area (Å²) in [6.45, 7) is 1.54. The number of fused-ring (bicyclic) bond motifs is 3. The average molecular weight is 458 g/mol. The molecule has 0 saturated heterocycles. The van der Waals surface area contributed by atoms with Crippen molar-refractivity contribution in [2.75, 3.05) is 10.6 Å². The van der Waals surface area contributed by atoms with E-state index in [4.69, 9.17) is 5.73 Å². The molecule has 5 rings (SSSR count). The van der Waals surface area contributed by atoms with Crippen molar-refractivity contribution in [1.82, 2.24) is 4.98 Å². The predicted octanol–water partition coefficient (Wildman–Crippen LogP) is 6.65. The summed E-state index contributed by atoms with van der Waals surface area (Å²) >= 11 is 2.44. The molecule has 0 fully saturated rings. The van der Waals surface area contributed by atoms with Gasteiger partial charge in [0.05, 0.1) is 17.1 Å². The highest BCUT2D eigenvalue weighted by Crippen LogP contribution is 2.49. The fourth-order valence-electron chi connectivity index (χ4n) is 3.64. The van der Waals surface area contributed by atoms with Gasteiger partial charge in [0.15, 0.2) is 0 Å². The molecule has 0 radical (unpaired) electrons. The van der Waals surface area contributed by atoms with E-state index >= 15 is 0 Å². The number of aryl methyl sites for hydroxylation is 1. The lowest BCUT2D eigenvalue weighted by Crippen LogP contribution is -2.28. The summed E-state index contributed by atoms with van der Waals surface area (Å²) in [5, 5.41) is 0.384. The molecular formula is C22H14F3N3OS2. The quantitative estimate of drug-likeness (QED) is 0.348. The molecule has 9 heteroatoms. The Kier molecular flexibility index (Phi) is 4.49. The smallest absolute Gasteiger partial charge is 0.397 e. The van der Waals surface area contributed by atoms with E-state index in [0.717, 1.165) is 27.2 Å². The number of halogens is 3. The summed E-state index contributed by atoms with van der Waals surface area (Å²) in [4.78, 5) is 21.1. The number of carbonyl (C=O) groups is 1. The number of hydrogen-bond acceptors (Lipinski definition) is 5. The number of para-hydroxylation sites is 2. The van der Waals surface area contributed by atoms with Crippen LogP contribution in [0.25, 0.3) is 10.2 Å². The molecule has 31 heavy (non-hydrogen) atoms. The standard InChI is InChI=1S/C22H14F3N3OS2/c1-11-10-16(22(23,24)25)27-20-17(11)18(26)19(31-20)21(29)28-12-6-2-4-8-14(12)30-15-9-5-3-7-13(15)28/h2-10H,26H2,1H3. The zero-order valence-corrected chi connectivity index (χ0v) is 17.7. The predicted molar refractivity (Wildman–Crippen MR) is 117 cm³/mol. The number of nitrogens with two attached hydrogens (primary N) is 1. The van der Waals surface area contributed by atoms with Crippen molar-refractivity contribution in [2.24, 2.45) is 0 Å². The third-order valence-corrected chi connectivity index (χ3v) is 7.23. The maximum Gasteiger partial charge on any atom is 0.433 e. The lowest BCUT2D eigenvalue weighted by molar-refractivity contribution is -0.141. The molecule has 4 aromatic rings. The Morgan fingerprint density at radius 2 is 1.61 bits per heavy atom. The first-order valence-corrected chi connectivity index (χ1v) is 10.9. The van der Waals surface area contributed by atoms with Crippen LogP contribution in [0.2, 0.25) is 0 Å². The van der Waals surface area contributed by atoms with Crippen molar-refractivity contribution in [1.29, 1.82) is 0 Å². The van der Waals surface area contributed by atoms with E-state index in [1.165, 1.54) is 0 Å². The van der Waals surface area contributed by atoms with Crippen LogP contribution >= 0.6 is 23.1 Å². The summed E-state index contributed by atoms with van der Waals surface area (Å²) < 4.78 is 39.6. The number of aromatic nitrogens is 1. The van der Waals surface area contributed by atoms with Crippen LogP contribution in [0.4, 0.5) is 30.2 Å². The summed E-state index contributed by atoms with van der Waals surface area (Å²) in [5.74, 6) is -0.395. The van der Waals surface area contributed by atoms with E-state index in [1.54, 1.807) is 23.6 Å². The largest absolute Gasteiger partial charge is 0.433 e. The van der Waals surface area contributed by atoms with Gasteiger partial charge in [-0.1, -0.05) is 36.0 Å². The molecule has 2 N–H and O–H groups in total. The lowest BCUT2D eigenvalue weighted by Gasteiger charge is -2.30. The SMILES string of the molecule is Cc1cc(C(F)(F)F)nc2sc(C(=O)N3c4ccccc4Sc4ccccc43)c(N)c12. The number of thiophene rings is 1. The van der Waals surface area contributed by atoms with Crippen LogP contribution in [-0.2, 0) is 6.18 Å². The van der Waals surface area contributed by atoms with E-state index in [2.05, 4.69) is 4.98 Å². The van der Waals surface area contributed by atoms with E-state index in [9.17, 15) is 18.0 Å². The summed E-state index contributed by atoms with van der Waals surface area (Å²) in [6, 6.07) is 15.9. The number of pyridine rings is 1. The minimum absolute atomic E-state index is 0.0983. The van der Waals surface area contributed by atoms with Gasteiger partial charge in [0.1, 0.15) is 15.4 Å². The van der Waals surface area contributed by atoms with E-state index in [1.807, 2.05) is 48.5 Å². The zero-order valence-electron chi connectivity index (χ0n) is 16.0. The van der Waals surface area contributed by atoms with E-state index in [0.29, 0.717) is 22.3 Å². The Balaban J connectivity index is 1.70. The van der Waals surface area contributed by atoms with Gasteiger partial charge in [0.25, 0.3) is 5.91 Å². The topological polar surface area (TPSA) is 59.2 Å². The van der Waals surface area contributed by atoms with Gasteiger partial charge in [-0.25, -0.2) is 4.98 Å². The van der Waals surface area contributed by atoms with Crippen molar-refractivity contribution in [3.63, 3.8) is 0 Å². The molecule has 1 amide bonds. The monoisotopic (exact) mass is 457 g/mol. The first-order valence-electron chi connectivity index (χ1n) is 9.23. The average Bonchev–Trinajstić information content (AvgIpc) is 3.08. The molecule has 3 heterocycles. The molecule has 2 aromatic heterocycles. The molecule has 2 aromatic carbocycles. The van der Waals surface area contributed by atoms with Gasteiger partial charge >= 0.3 is 6.18 Å². The second-order valence-electron chi connectivity index (χ2n) is 7.03. The third-order valence-electron chi connectivity index (χ3n) is 5.02. The van der Waals surface area contributed by atoms with E-state index < -0.39 is 17.8 Å². The van der Waals surface area contributed by atoms with Gasteiger partial charge < -0.3 is 5.73 Å². The highest BCUT2D eigenvalue weighted by Gasteiger charge is 2.35. The summed E-state index contributed by atoms with van der Waals surface area (Å²) in [5.41, 5.74) is 7.17. The normalized spacial score (nSPS) is 13.2. The molecule has 1 aliphatic heterocycles. The number of benzene rings is 2. The van der Waals surface area contributed by atoms with Crippen LogP contribution in [0.1, 0.15) is 20.9 Å². The summed E-state index contributed by atoms with van der Waals surface area (Å²) in [7, 11) is 0. The maximum atomic E-state index is 13.7. The van der Waals surface area contributed by atoms with Gasteiger partial charge in [-0.05, 0) is 42.8 Å². The number of anilines is 3. The first kappa shape index (κ1) is 19.9. The molecule has 0 atom stereocenters. The number of rotatable bonds is 1. The second kappa shape index (κ2) is 7.00. The molecular weight excluding hydrogens is 443 g/mol. The van der Waals surface area contributed by atoms with Gasteiger partial charge in [-0.3, -0.25) is 9.69 Å². The summed E-state index contributed by atoms with van der Waals surface area (Å²) in [6.07, 6.45) is -4.58. The van der Waals surface area contributed by atoms with E-state index in [-0.39, 0.29) is 15.4 Å². The molecule has 0 aliphatic carbocycles. The van der Waals surface area contributed by atoms with Crippen LogP contribution in [0, 0.1) is 6.92 Å². The molecule has 156 valence electrons. The Morgan fingerprint density at radius 3 is 2.19 bits per heavy atom. The maximum absolute atomic E-state index is 13.7. The minimum Gasteiger partial charge on any atom is -0.397 e. The van der Waals surface area contributed by atoms with Crippen LogP contribution in [-0.4, -0.2) is 10.9 Å². The Bertz CT molecular complexity index is 1320. The highest BCUT2D eigenvalue weighted by molar-refractivity contribution is 7.99. The van der Waals surface area contributed by atoms with Crippen LogP contribution in [0.5, 0.6) is 0 Å². The van der Waals surface area contributed by atoms with Crippen LogP contribution in [0.3, 0.4) is 0 Å². The number of nitrogens with zero attached hydrogens (tertiary/aromatic N) is 2.